The van der Waals surface area contributed by atoms with E-state index >= 15 is 0 Å². The number of benzene rings is 2. The molecule has 1 saturated heterocycles. The summed E-state index contributed by atoms with van der Waals surface area (Å²) in [5.74, 6) is -0.0974. The highest BCUT2D eigenvalue weighted by Gasteiger charge is 2.21. The van der Waals surface area contributed by atoms with E-state index in [9.17, 15) is 14.0 Å². The Morgan fingerprint density at radius 1 is 1.16 bits per heavy atom. The Hall–Kier alpha value is -3.20. The molecule has 3 aromatic rings. The number of hydrogen-bond donors (Lipinski definition) is 1. The summed E-state index contributed by atoms with van der Waals surface area (Å²) in [4.78, 5) is 33.6. The van der Waals surface area contributed by atoms with Gasteiger partial charge in [0.2, 0.25) is 5.91 Å². The van der Waals surface area contributed by atoms with Gasteiger partial charge in [0.15, 0.2) is 5.13 Å². The second-order valence-corrected chi connectivity index (χ2v) is 8.74. The van der Waals surface area contributed by atoms with Gasteiger partial charge in [-0.2, -0.15) is 0 Å². The van der Waals surface area contributed by atoms with E-state index in [-0.39, 0.29) is 18.4 Å². The van der Waals surface area contributed by atoms with Crippen molar-refractivity contribution in [1.29, 1.82) is 0 Å². The van der Waals surface area contributed by atoms with E-state index in [4.69, 9.17) is 4.74 Å². The summed E-state index contributed by atoms with van der Waals surface area (Å²) >= 11 is 1.31. The molecule has 7 nitrogen and oxygen atoms in total. The van der Waals surface area contributed by atoms with Crippen LogP contribution in [-0.4, -0.2) is 55.5 Å². The smallest absolute Gasteiger partial charge is 0.257 e. The van der Waals surface area contributed by atoms with Crippen LogP contribution in [0.1, 0.15) is 29.6 Å². The van der Waals surface area contributed by atoms with Crippen LogP contribution < -0.4 is 15.0 Å². The lowest BCUT2D eigenvalue weighted by Crippen LogP contribution is -2.41. The molecule has 4 rings (SSSR count). The van der Waals surface area contributed by atoms with E-state index in [2.05, 4.69) is 10.3 Å². The van der Waals surface area contributed by atoms with Gasteiger partial charge in [-0.25, -0.2) is 9.37 Å². The molecule has 32 heavy (non-hydrogen) atoms. The van der Waals surface area contributed by atoms with Crippen LogP contribution >= 0.6 is 11.3 Å². The average Bonchev–Trinajstić information content (AvgIpc) is 3.22. The Kier molecular flexibility index (Phi) is 6.55. The van der Waals surface area contributed by atoms with Gasteiger partial charge in [0.05, 0.1) is 24.0 Å². The van der Waals surface area contributed by atoms with Crippen molar-refractivity contribution < 1.29 is 18.7 Å². The lowest BCUT2D eigenvalue weighted by atomic mass is 10.1. The van der Waals surface area contributed by atoms with Gasteiger partial charge in [-0.1, -0.05) is 11.3 Å². The second-order valence-electron chi connectivity index (χ2n) is 7.74. The van der Waals surface area contributed by atoms with Gasteiger partial charge >= 0.3 is 0 Å². The molecule has 2 heterocycles. The first kappa shape index (κ1) is 22.0. The fourth-order valence-corrected chi connectivity index (χ4v) is 4.84. The number of aromatic nitrogens is 1. The molecule has 0 unspecified atom stereocenters. The van der Waals surface area contributed by atoms with Crippen LogP contribution in [0.25, 0.3) is 10.2 Å². The fraction of sp³-hybridized carbons (Fsp3) is 0.348. The first-order valence-corrected chi connectivity index (χ1v) is 11.3. The van der Waals surface area contributed by atoms with E-state index in [0.717, 1.165) is 36.3 Å². The number of nitrogens with one attached hydrogen (secondary N) is 1. The standard InChI is InChI=1S/C23H25FN4O3S/c1-27(14-19(29)28-12-4-3-5-13-28)17-10-11-18(31-2)20-21(17)32-23(25-20)26-22(30)15-6-8-16(24)9-7-15/h6-11H,3-5,12-14H2,1-2H3,(H,25,26,30). The Balaban J connectivity index is 1.58. The number of ether oxygens (including phenoxy) is 1. The third-order valence-electron chi connectivity index (χ3n) is 5.53. The maximum atomic E-state index is 13.1. The Morgan fingerprint density at radius 3 is 2.56 bits per heavy atom. The molecule has 0 atom stereocenters. The molecule has 0 radical (unpaired) electrons. The maximum absolute atomic E-state index is 13.1. The Bertz CT molecular complexity index is 1130. The van der Waals surface area contributed by atoms with Gasteiger partial charge in [-0.15, -0.1) is 0 Å². The normalized spacial score (nSPS) is 13.8. The molecule has 2 amide bonds. The van der Waals surface area contributed by atoms with Crippen molar-refractivity contribution in [3.05, 3.63) is 47.8 Å². The van der Waals surface area contributed by atoms with Crippen LogP contribution in [-0.2, 0) is 4.79 Å². The number of amides is 2. The van der Waals surface area contributed by atoms with Crippen LogP contribution in [0.15, 0.2) is 36.4 Å². The number of methoxy groups -OCH3 is 1. The lowest BCUT2D eigenvalue weighted by molar-refractivity contribution is -0.130. The molecule has 1 aliphatic rings. The van der Waals surface area contributed by atoms with E-state index < -0.39 is 5.82 Å². The first-order chi connectivity index (χ1) is 15.5. The van der Waals surface area contributed by atoms with Crippen LogP contribution in [0.2, 0.25) is 0 Å². The maximum Gasteiger partial charge on any atom is 0.257 e. The molecule has 1 N–H and O–H groups in total. The van der Waals surface area contributed by atoms with Gasteiger partial charge in [0.25, 0.3) is 5.91 Å². The van der Waals surface area contributed by atoms with E-state index in [1.165, 1.54) is 42.0 Å². The Morgan fingerprint density at radius 2 is 1.88 bits per heavy atom. The van der Waals surface area contributed by atoms with Crippen molar-refractivity contribution in [3.63, 3.8) is 0 Å². The molecule has 1 aromatic heterocycles. The average molecular weight is 457 g/mol. The molecular weight excluding hydrogens is 431 g/mol. The van der Waals surface area contributed by atoms with Crippen molar-refractivity contribution in [3.8, 4) is 5.75 Å². The van der Waals surface area contributed by atoms with Crippen LogP contribution in [0.4, 0.5) is 15.2 Å². The largest absolute Gasteiger partial charge is 0.494 e. The zero-order valence-corrected chi connectivity index (χ0v) is 18.9. The minimum absolute atomic E-state index is 0.102. The summed E-state index contributed by atoms with van der Waals surface area (Å²) in [5, 5.41) is 3.17. The fourth-order valence-electron chi connectivity index (χ4n) is 3.79. The van der Waals surface area contributed by atoms with E-state index in [1.54, 1.807) is 7.11 Å². The number of piperidine rings is 1. The van der Waals surface area contributed by atoms with Gasteiger partial charge in [-0.3, -0.25) is 14.9 Å². The molecular formula is C23H25FN4O3S. The summed E-state index contributed by atoms with van der Waals surface area (Å²) in [7, 11) is 3.44. The number of nitrogens with zero attached hydrogens (tertiary/aromatic N) is 3. The first-order valence-electron chi connectivity index (χ1n) is 10.5. The molecule has 1 fully saturated rings. The molecule has 168 valence electrons. The van der Waals surface area contributed by atoms with Crippen LogP contribution in [0, 0.1) is 5.82 Å². The molecule has 0 spiro atoms. The summed E-state index contributed by atoms with van der Waals surface area (Å²) in [6.07, 6.45) is 3.27. The summed E-state index contributed by atoms with van der Waals surface area (Å²) in [5.41, 5.74) is 1.79. The molecule has 0 aliphatic carbocycles. The third kappa shape index (κ3) is 4.67. The number of anilines is 2. The molecule has 1 aliphatic heterocycles. The summed E-state index contributed by atoms with van der Waals surface area (Å²) < 4.78 is 19.4. The zero-order chi connectivity index (χ0) is 22.7. The number of likely N-dealkylation sites (N-methyl/N-ethyl adjacent to an activating group) is 1. The quantitative estimate of drug-likeness (QED) is 0.603. The van der Waals surface area contributed by atoms with Gasteiger partial charge in [0.1, 0.15) is 17.1 Å². The van der Waals surface area contributed by atoms with Gasteiger partial charge in [0, 0.05) is 25.7 Å². The van der Waals surface area contributed by atoms with Crippen molar-refractivity contribution >= 4 is 44.2 Å². The predicted octanol–water partition coefficient (Wildman–Crippen LogP) is 4.15. The molecule has 2 aromatic carbocycles. The van der Waals surface area contributed by atoms with E-state index in [0.29, 0.717) is 22.0 Å². The van der Waals surface area contributed by atoms with Crippen molar-refractivity contribution in [2.75, 3.05) is 44.0 Å². The Labute approximate surface area is 189 Å². The summed E-state index contributed by atoms with van der Waals surface area (Å²) in [6.45, 7) is 1.88. The number of carbonyl (C=O) groups excluding carboxylic acids is 2. The number of halogens is 1. The SMILES string of the molecule is COc1ccc(N(C)CC(=O)N2CCCCC2)c2sc(NC(=O)c3ccc(F)cc3)nc12. The van der Waals surface area contributed by atoms with Crippen molar-refractivity contribution in [1.82, 2.24) is 9.88 Å². The number of carbonyl (C=O) groups is 2. The number of rotatable bonds is 6. The van der Waals surface area contributed by atoms with Gasteiger partial charge < -0.3 is 14.5 Å². The molecule has 9 heteroatoms. The van der Waals surface area contributed by atoms with Crippen LogP contribution in [0.5, 0.6) is 5.75 Å². The van der Waals surface area contributed by atoms with Crippen molar-refractivity contribution in [2.24, 2.45) is 0 Å². The topological polar surface area (TPSA) is 74.8 Å². The number of hydrogen-bond acceptors (Lipinski definition) is 6. The predicted molar refractivity (Wildman–Crippen MR) is 124 cm³/mol. The number of thiazole rings is 1. The highest BCUT2D eigenvalue weighted by Crippen LogP contribution is 2.39. The van der Waals surface area contributed by atoms with E-state index in [1.807, 2.05) is 29.0 Å². The zero-order valence-electron chi connectivity index (χ0n) is 18.1. The highest BCUT2D eigenvalue weighted by atomic mass is 32.1. The van der Waals surface area contributed by atoms with Crippen LogP contribution in [0.3, 0.4) is 0 Å². The third-order valence-corrected chi connectivity index (χ3v) is 6.52. The summed E-state index contributed by atoms with van der Waals surface area (Å²) in [6, 6.07) is 9.03. The minimum atomic E-state index is -0.405. The monoisotopic (exact) mass is 456 g/mol. The lowest BCUT2D eigenvalue weighted by Gasteiger charge is -2.29. The molecule has 0 bridgehead atoms. The number of fused-ring (bicyclic) bond motifs is 1. The highest BCUT2D eigenvalue weighted by molar-refractivity contribution is 7.23. The molecule has 0 saturated carbocycles. The second kappa shape index (κ2) is 9.52. The van der Waals surface area contributed by atoms with Gasteiger partial charge in [-0.05, 0) is 55.7 Å². The number of likely N-dealkylation sites (tertiary alicyclic amines) is 1. The van der Waals surface area contributed by atoms with Crippen molar-refractivity contribution in [2.45, 2.75) is 19.3 Å². The minimum Gasteiger partial charge on any atom is -0.494 e.